The first-order chi connectivity index (χ1) is 10.6. The number of rotatable bonds is 5. The Morgan fingerprint density at radius 3 is 2.86 bits per heavy atom. The summed E-state index contributed by atoms with van der Waals surface area (Å²) in [6, 6.07) is -0.0574. The monoisotopic (exact) mass is 305 g/mol. The van der Waals surface area contributed by atoms with E-state index in [0.717, 1.165) is 24.8 Å². The van der Waals surface area contributed by atoms with Crippen LogP contribution in [0.4, 0.5) is 0 Å². The van der Waals surface area contributed by atoms with Gasteiger partial charge in [0.25, 0.3) is 0 Å². The summed E-state index contributed by atoms with van der Waals surface area (Å²) < 4.78 is 6.70. The molecule has 4 atom stereocenters. The predicted molar refractivity (Wildman–Crippen MR) is 79.8 cm³/mol. The van der Waals surface area contributed by atoms with E-state index in [-0.39, 0.29) is 23.8 Å². The molecule has 3 rings (SSSR count). The summed E-state index contributed by atoms with van der Waals surface area (Å²) >= 11 is 0. The van der Waals surface area contributed by atoms with Crippen molar-refractivity contribution in [2.75, 3.05) is 7.11 Å². The summed E-state index contributed by atoms with van der Waals surface area (Å²) in [5, 5.41) is 7.25. The smallest absolute Gasteiger partial charge is 0.311 e. The molecule has 1 N–H and O–H groups in total. The zero-order valence-corrected chi connectivity index (χ0v) is 13.1. The summed E-state index contributed by atoms with van der Waals surface area (Å²) in [6.45, 7) is 2.53. The van der Waals surface area contributed by atoms with Gasteiger partial charge < -0.3 is 10.1 Å². The molecule has 0 spiro atoms. The summed E-state index contributed by atoms with van der Waals surface area (Å²) in [5.74, 6) is 0.431. The van der Waals surface area contributed by atoms with Gasteiger partial charge in [-0.15, -0.1) is 0 Å². The first-order valence-corrected chi connectivity index (χ1v) is 7.94. The minimum Gasteiger partial charge on any atom is -0.469 e. The highest BCUT2D eigenvalue weighted by atomic mass is 16.5. The van der Waals surface area contributed by atoms with Gasteiger partial charge in [-0.25, -0.2) is 0 Å². The Labute approximate surface area is 130 Å². The first kappa shape index (κ1) is 15.1. The van der Waals surface area contributed by atoms with Crippen LogP contribution in [0.1, 0.15) is 31.2 Å². The standard InChI is InChI=1S/C16H23N3O3/c1-10-8-17-19(9-10)6-5-13(20)18-15-12-4-3-11(7-12)14(15)16(21)22-2/h8-9,11-12,14-15H,3-7H2,1-2H3,(H,18,20)/t11-,12-,14+,15+/m0/s1. The molecule has 1 amide bonds. The SMILES string of the molecule is COC(=O)[C@@H]1[C@H]2CC[C@@H](C2)[C@H]1NC(=O)CCn1cc(C)cn1. The van der Waals surface area contributed by atoms with Crippen LogP contribution in [0.15, 0.2) is 12.4 Å². The zero-order valence-electron chi connectivity index (χ0n) is 13.1. The molecule has 0 saturated heterocycles. The number of nitrogens with zero attached hydrogens (tertiary/aromatic N) is 2. The Bertz CT molecular complexity index is 569. The van der Waals surface area contributed by atoms with Crippen LogP contribution in [0, 0.1) is 24.7 Å². The number of fused-ring (bicyclic) bond motifs is 2. The van der Waals surface area contributed by atoms with Crippen LogP contribution >= 0.6 is 0 Å². The number of carbonyl (C=O) groups is 2. The van der Waals surface area contributed by atoms with Crippen molar-refractivity contribution in [2.45, 2.75) is 45.2 Å². The number of hydrogen-bond donors (Lipinski definition) is 1. The number of esters is 1. The van der Waals surface area contributed by atoms with Crippen molar-refractivity contribution in [3.63, 3.8) is 0 Å². The van der Waals surface area contributed by atoms with E-state index in [9.17, 15) is 9.59 Å². The highest BCUT2D eigenvalue weighted by Crippen LogP contribution is 2.48. The largest absolute Gasteiger partial charge is 0.469 e. The summed E-state index contributed by atoms with van der Waals surface area (Å²) in [6.07, 6.45) is 7.28. The van der Waals surface area contributed by atoms with E-state index in [1.807, 2.05) is 13.1 Å². The van der Waals surface area contributed by atoms with Crippen molar-refractivity contribution >= 4 is 11.9 Å². The Morgan fingerprint density at radius 2 is 2.18 bits per heavy atom. The molecule has 120 valence electrons. The summed E-state index contributed by atoms with van der Waals surface area (Å²) in [4.78, 5) is 24.2. The fraction of sp³-hybridized carbons (Fsp3) is 0.688. The van der Waals surface area contributed by atoms with Gasteiger partial charge in [0, 0.05) is 25.2 Å². The van der Waals surface area contributed by atoms with Crippen LogP contribution in [0.2, 0.25) is 0 Å². The molecule has 1 aromatic heterocycles. The molecule has 0 aliphatic heterocycles. The van der Waals surface area contributed by atoms with Gasteiger partial charge in [-0.05, 0) is 43.6 Å². The van der Waals surface area contributed by atoms with E-state index >= 15 is 0 Å². The lowest BCUT2D eigenvalue weighted by Crippen LogP contribution is -2.47. The number of carbonyl (C=O) groups excluding carboxylic acids is 2. The number of aryl methyl sites for hydroxylation is 2. The van der Waals surface area contributed by atoms with Gasteiger partial charge in [-0.2, -0.15) is 5.10 Å². The lowest BCUT2D eigenvalue weighted by Gasteiger charge is -2.29. The van der Waals surface area contributed by atoms with Gasteiger partial charge >= 0.3 is 5.97 Å². The summed E-state index contributed by atoms with van der Waals surface area (Å²) in [7, 11) is 1.42. The molecular weight excluding hydrogens is 282 g/mol. The highest BCUT2D eigenvalue weighted by Gasteiger charge is 2.51. The third-order valence-electron chi connectivity index (χ3n) is 5.05. The molecule has 0 radical (unpaired) electrons. The Hall–Kier alpha value is -1.85. The second kappa shape index (κ2) is 6.10. The van der Waals surface area contributed by atoms with Crippen molar-refractivity contribution in [1.29, 1.82) is 0 Å². The molecule has 2 aliphatic rings. The lowest BCUT2D eigenvalue weighted by molar-refractivity contribution is -0.148. The van der Waals surface area contributed by atoms with Crippen LogP contribution in [0.25, 0.3) is 0 Å². The van der Waals surface area contributed by atoms with Crippen molar-refractivity contribution < 1.29 is 14.3 Å². The minimum absolute atomic E-state index is 0.0143. The fourth-order valence-electron chi connectivity index (χ4n) is 4.04. The molecular formula is C16H23N3O3. The number of amides is 1. The number of aromatic nitrogens is 2. The van der Waals surface area contributed by atoms with Crippen LogP contribution in [-0.4, -0.2) is 34.8 Å². The topological polar surface area (TPSA) is 73.2 Å². The molecule has 1 heterocycles. The van der Waals surface area contributed by atoms with Crippen LogP contribution < -0.4 is 5.32 Å². The second-order valence-electron chi connectivity index (χ2n) is 6.51. The van der Waals surface area contributed by atoms with Gasteiger partial charge in [0.1, 0.15) is 0 Å². The molecule has 2 fully saturated rings. The second-order valence-corrected chi connectivity index (χ2v) is 6.51. The molecule has 2 bridgehead atoms. The summed E-state index contributed by atoms with van der Waals surface area (Å²) in [5.41, 5.74) is 1.08. The van der Waals surface area contributed by atoms with Crippen LogP contribution in [0.3, 0.4) is 0 Å². The lowest BCUT2D eigenvalue weighted by atomic mass is 9.84. The van der Waals surface area contributed by atoms with Crippen molar-refractivity contribution in [3.05, 3.63) is 18.0 Å². The van der Waals surface area contributed by atoms with Crippen LogP contribution in [-0.2, 0) is 20.9 Å². The Balaban J connectivity index is 1.57. The Morgan fingerprint density at radius 1 is 1.41 bits per heavy atom. The van der Waals surface area contributed by atoms with E-state index < -0.39 is 0 Å². The van der Waals surface area contributed by atoms with Crippen molar-refractivity contribution in [3.8, 4) is 0 Å². The molecule has 6 nitrogen and oxygen atoms in total. The molecule has 22 heavy (non-hydrogen) atoms. The van der Waals surface area contributed by atoms with Gasteiger partial charge in [-0.1, -0.05) is 0 Å². The van der Waals surface area contributed by atoms with E-state index in [0.29, 0.717) is 24.8 Å². The minimum atomic E-state index is -0.180. The van der Waals surface area contributed by atoms with Gasteiger partial charge in [0.05, 0.1) is 19.2 Å². The van der Waals surface area contributed by atoms with E-state index in [2.05, 4.69) is 10.4 Å². The third-order valence-corrected chi connectivity index (χ3v) is 5.05. The fourth-order valence-corrected chi connectivity index (χ4v) is 4.04. The highest BCUT2D eigenvalue weighted by molar-refractivity contribution is 5.79. The van der Waals surface area contributed by atoms with Gasteiger partial charge in [0.15, 0.2) is 0 Å². The third kappa shape index (κ3) is 2.87. The van der Waals surface area contributed by atoms with Gasteiger partial charge in [-0.3, -0.25) is 14.3 Å². The molecule has 0 aromatic carbocycles. The van der Waals surface area contributed by atoms with Gasteiger partial charge in [0.2, 0.25) is 5.91 Å². The normalized spacial score (nSPS) is 29.5. The maximum Gasteiger partial charge on any atom is 0.311 e. The van der Waals surface area contributed by atoms with E-state index in [4.69, 9.17) is 4.74 Å². The first-order valence-electron chi connectivity index (χ1n) is 7.94. The Kier molecular flexibility index (Phi) is 4.18. The zero-order chi connectivity index (χ0) is 15.7. The quantitative estimate of drug-likeness (QED) is 0.832. The number of nitrogens with one attached hydrogen (secondary N) is 1. The number of hydrogen-bond acceptors (Lipinski definition) is 4. The van der Waals surface area contributed by atoms with E-state index in [1.165, 1.54) is 7.11 Å². The maximum atomic E-state index is 12.2. The maximum absolute atomic E-state index is 12.2. The van der Waals surface area contributed by atoms with Crippen molar-refractivity contribution in [2.24, 2.45) is 17.8 Å². The molecule has 6 heteroatoms. The van der Waals surface area contributed by atoms with Crippen molar-refractivity contribution in [1.82, 2.24) is 15.1 Å². The predicted octanol–water partition coefficient (Wildman–Crippen LogP) is 1.29. The molecule has 1 aromatic rings. The molecule has 2 aliphatic carbocycles. The number of ether oxygens (including phenoxy) is 1. The van der Waals surface area contributed by atoms with E-state index in [1.54, 1.807) is 10.9 Å². The molecule has 0 unspecified atom stereocenters. The van der Waals surface area contributed by atoms with Crippen LogP contribution in [0.5, 0.6) is 0 Å². The number of methoxy groups -OCH3 is 1. The molecule has 2 saturated carbocycles. The average Bonchev–Trinajstić information content (AvgIpc) is 3.20. The average molecular weight is 305 g/mol.